The number of nitrogens with one attached hydrogen (secondary N) is 1. The van der Waals surface area contributed by atoms with E-state index in [0.29, 0.717) is 4.47 Å². The summed E-state index contributed by atoms with van der Waals surface area (Å²) in [6.45, 7) is 0. The second kappa shape index (κ2) is 5.88. The molecule has 0 saturated heterocycles. The SMILES string of the molecule is N=C(N)c1c(F)cccc1Oc1cc(Br)cc([N+](=O)[O-])c1. The molecule has 0 radical (unpaired) electrons. The van der Waals surface area contributed by atoms with Crippen LogP contribution in [-0.2, 0) is 0 Å². The van der Waals surface area contributed by atoms with Crippen molar-refractivity contribution in [3.63, 3.8) is 0 Å². The van der Waals surface area contributed by atoms with Gasteiger partial charge in [-0.05, 0) is 18.2 Å². The van der Waals surface area contributed by atoms with Gasteiger partial charge in [-0.25, -0.2) is 4.39 Å². The molecular weight excluding hydrogens is 345 g/mol. The number of nitrogens with two attached hydrogens (primary N) is 1. The lowest BCUT2D eigenvalue weighted by atomic mass is 10.1. The van der Waals surface area contributed by atoms with Gasteiger partial charge in [-0.1, -0.05) is 22.0 Å². The number of nitro benzene ring substituents is 1. The van der Waals surface area contributed by atoms with Crippen molar-refractivity contribution in [3.8, 4) is 11.5 Å². The van der Waals surface area contributed by atoms with E-state index in [1.54, 1.807) is 0 Å². The number of non-ortho nitro benzene ring substituents is 1. The van der Waals surface area contributed by atoms with E-state index in [2.05, 4.69) is 15.9 Å². The van der Waals surface area contributed by atoms with Crippen molar-refractivity contribution >= 4 is 27.5 Å². The summed E-state index contributed by atoms with van der Waals surface area (Å²) in [5.74, 6) is -1.06. The lowest BCUT2D eigenvalue weighted by Gasteiger charge is -2.11. The highest BCUT2D eigenvalue weighted by atomic mass is 79.9. The van der Waals surface area contributed by atoms with E-state index in [1.807, 2.05) is 0 Å². The smallest absolute Gasteiger partial charge is 0.274 e. The lowest BCUT2D eigenvalue weighted by Crippen LogP contribution is -2.14. The van der Waals surface area contributed by atoms with E-state index in [0.717, 1.165) is 6.07 Å². The summed E-state index contributed by atoms with van der Waals surface area (Å²) in [5.41, 5.74) is 4.95. The van der Waals surface area contributed by atoms with Crippen molar-refractivity contribution in [1.82, 2.24) is 0 Å². The summed E-state index contributed by atoms with van der Waals surface area (Å²) in [5, 5.41) is 18.2. The average Bonchev–Trinajstić information content (AvgIpc) is 2.37. The zero-order valence-corrected chi connectivity index (χ0v) is 12.1. The number of nitrogen functional groups attached to an aromatic ring is 1. The largest absolute Gasteiger partial charge is 0.456 e. The number of benzene rings is 2. The number of nitro groups is 1. The van der Waals surface area contributed by atoms with Crippen LogP contribution in [0, 0.1) is 21.3 Å². The van der Waals surface area contributed by atoms with Crippen LogP contribution in [0.3, 0.4) is 0 Å². The maximum Gasteiger partial charge on any atom is 0.274 e. The minimum absolute atomic E-state index is 0.00916. The van der Waals surface area contributed by atoms with Gasteiger partial charge in [0.05, 0.1) is 16.6 Å². The van der Waals surface area contributed by atoms with Crippen molar-refractivity contribution in [2.75, 3.05) is 0 Å². The first-order chi connectivity index (χ1) is 9.88. The Morgan fingerprint density at radius 3 is 2.71 bits per heavy atom. The van der Waals surface area contributed by atoms with Gasteiger partial charge >= 0.3 is 0 Å². The highest BCUT2D eigenvalue weighted by Gasteiger charge is 2.15. The molecule has 0 aromatic heterocycles. The Morgan fingerprint density at radius 1 is 1.38 bits per heavy atom. The van der Waals surface area contributed by atoms with Crippen molar-refractivity contribution in [1.29, 1.82) is 5.41 Å². The van der Waals surface area contributed by atoms with Gasteiger partial charge in [0.1, 0.15) is 23.2 Å². The van der Waals surface area contributed by atoms with Crippen LogP contribution in [0.1, 0.15) is 5.56 Å². The highest BCUT2D eigenvalue weighted by molar-refractivity contribution is 9.10. The maximum atomic E-state index is 13.7. The second-order valence-electron chi connectivity index (χ2n) is 4.03. The van der Waals surface area contributed by atoms with Gasteiger partial charge in [-0.15, -0.1) is 0 Å². The minimum atomic E-state index is -0.704. The van der Waals surface area contributed by atoms with Crippen molar-refractivity contribution in [3.05, 3.63) is 62.4 Å². The van der Waals surface area contributed by atoms with Crippen LogP contribution >= 0.6 is 15.9 Å². The average molecular weight is 354 g/mol. The number of halogens is 2. The zero-order chi connectivity index (χ0) is 15.6. The molecule has 0 unspecified atom stereocenters. The monoisotopic (exact) mass is 353 g/mol. The third-order valence-corrected chi connectivity index (χ3v) is 3.00. The predicted molar refractivity (Wildman–Crippen MR) is 78.3 cm³/mol. The van der Waals surface area contributed by atoms with Crippen molar-refractivity contribution in [2.24, 2.45) is 5.73 Å². The van der Waals surface area contributed by atoms with Crippen LogP contribution in [0.4, 0.5) is 10.1 Å². The molecule has 0 spiro atoms. The van der Waals surface area contributed by atoms with Crippen LogP contribution < -0.4 is 10.5 Å². The Kier molecular flexibility index (Phi) is 4.18. The molecular formula is C13H9BrFN3O3. The summed E-state index contributed by atoms with van der Waals surface area (Å²) in [6, 6.07) is 7.95. The molecule has 0 aliphatic carbocycles. The summed E-state index contributed by atoms with van der Waals surface area (Å²) < 4.78 is 19.5. The van der Waals surface area contributed by atoms with E-state index < -0.39 is 16.6 Å². The summed E-state index contributed by atoms with van der Waals surface area (Å²) >= 11 is 3.13. The summed E-state index contributed by atoms with van der Waals surface area (Å²) in [6.07, 6.45) is 0. The summed E-state index contributed by atoms with van der Waals surface area (Å²) in [4.78, 5) is 10.2. The molecule has 0 bridgehead atoms. The topological polar surface area (TPSA) is 102 Å². The van der Waals surface area contributed by atoms with E-state index >= 15 is 0 Å². The molecule has 6 nitrogen and oxygen atoms in total. The fraction of sp³-hybridized carbons (Fsp3) is 0. The van der Waals surface area contributed by atoms with E-state index in [1.165, 1.54) is 30.3 Å². The third kappa shape index (κ3) is 3.34. The normalized spacial score (nSPS) is 10.2. The maximum absolute atomic E-state index is 13.7. The Bertz CT molecular complexity index is 737. The number of nitrogens with zero attached hydrogens (tertiary/aromatic N) is 1. The Hall–Kier alpha value is -2.48. The first kappa shape index (κ1) is 14.9. The molecule has 2 rings (SSSR count). The van der Waals surface area contributed by atoms with Crippen LogP contribution in [0.2, 0.25) is 0 Å². The van der Waals surface area contributed by atoms with Crippen LogP contribution in [0.25, 0.3) is 0 Å². The van der Waals surface area contributed by atoms with Gasteiger partial charge in [0.25, 0.3) is 5.69 Å². The number of amidine groups is 1. The van der Waals surface area contributed by atoms with Crippen molar-refractivity contribution in [2.45, 2.75) is 0 Å². The fourth-order valence-corrected chi connectivity index (χ4v) is 2.15. The molecule has 21 heavy (non-hydrogen) atoms. The first-order valence-corrected chi connectivity index (χ1v) is 6.43. The Morgan fingerprint density at radius 2 is 2.10 bits per heavy atom. The number of hydrogen-bond acceptors (Lipinski definition) is 4. The number of ether oxygens (including phenoxy) is 1. The van der Waals surface area contributed by atoms with E-state index in [4.69, 9.17) is 15.9 Å². The van der Waals surface area contributed by atoms with Gasteiger partial charge in [-0.2, -0.15) is 0 Å². The molecule has 8 heteroatoms. The quantitative estimate of drug-likeness (QED) is 0.379. The predicted octanol–water partition coefficient (Wildman–Crippen LogP) is 3.57. The second-order valence-corrected chi connectivity index (χ2v) is 4.95. The number of rotatable bonds is 4. The molecule has 0 atom stereocenters. The lowest BCUT2D eigenvalue weighted by molar-refractivity contribution is -0.385. The number of hydrogen-bond donors (Lipinski definition) is 2. The molecule has 0 aliphatic rings. The third-order valence-electron chi connectivity index (χ3n) is 2.54. The molecule has 0 amide bonds. The molecule has 0 aliphatic heterocycles. The molecule has 2 aromatic carbocycles. The molecule has 108 valence electrons. The fourth-order valence-electron chi connectivity index (χ4n) is 1.69. The van der Waals surface area contributed by atoms with E-state index in [9.17, 15) is 14.5 Å². The molecule has 0 fully saturated rings. The van der Waals surface area contributed by atoms with Gasteiger partial charge in [0.15, 0.2) is 0 Å². The van der Waals surface area contributed by atoms with E-state index in [-0.39, 0.29) is 22.7 Å². The molecule has 0 saturated carbocycles. The van der Waals surface area contributed by atoms with Crippen LogP contribution in [0.5, 0.6) is 11.5 Å². The van der Waals surface area contributed by atoms with Gasteiger partial charge in [0, 0.05) is 10.5 Å². The van der Waals surface area contributed by atoms with Gasteiger partial charge < -0.3 is 10.5 Å². The van der Waals surface area contributed by atoms with Crippen molar-refractivity contribution < 1.29 is 14.1 Å². The molecule has 0 heterocycles. The standard InChI is InChI=1S/C13H9BrFN3O3/c14-7-4-8(18(19)20)6-9(5-7)21-11-3-1-2-10(15)12(11)13(16)17/h1-6H,(H3,16,17). The molecule has 3 N–H and O–H groups in total. The Labute approximate surface area is 127 Å². The minimum Gasteiger partial charge on any atom is -0.456 e. The molecule has 2 aromatic rings. The highest BCUT2D eigenvalue weighted by Crippen LogP contribution is 2.31. The summed E-state index contributed by atoms with van der Waals surface area (Å²) in [7, 11) is 0. The van der Waals surface area contributed by atoms with Gasteiger partial charge in [0.2, 0.25) is 0 Å². The van der Waals surface area contributed by atoms with Gasteiger partial charge in [-0.3, -0.25) is 15.5 Å². The zero-order valence-electron chi connectivity index (χ0n) is 10.5. The Balaban J connectivity index is 2.46. The van der Waals surface area contributed by atoms with Crippen LogP contribution in [-0.4, -0.2) is 10.8 Å². The first-order valence-electron chi connectivity index (χ1n) is 5.64. The van der Waals surface area contributed by atoms with Crippen LogP contribution in [0.15, 0.2) is 40.9 Å².